The van der Waals surface area contributed by atoms with Crippen LogP contribution in [0.1, 0.15) is 12.6 Å². The number of rotatable bonds is 3. The van der Waals surface area contributed by atoms with E-state index in [2.05, 4.69) is 15.0 Å². The van der Waals surface area contributed by atoms with Gasteiger partial charge >= 0.3 is 0 Å². The summed E-state index contributed by atoms with van der Waals surface area (Å²) in [4.78, 5) is 12.6. The molecule has 0 radical (unpaired) electrons. The highest BCUT2D eigenvalue weighted by Gasteiger charge is 2.36. The van der Waals surface area contributed by atoms with E-state index in [4.69, 9.17) is 15.6 Å². The Kier molecular flexibility index (Phi) is 3.50. The number of fused-ring (bicyclic) bond motifs is 1. The molecule has 2 aromatic heterocycles. The Morgan fingerprint density at radius 2 is 2.35 bits per heavy atom. The van der Waals surface area contributed by atoms with Crippen molar-refractivity contribution >= 4 is 28.9 Å². The summed E-state index contributed by atoms with van der Waals surface area (Å²) in [6.45, 7) is -0.132. The predicted molar refractivity (Wildman–Crippen MR) is 73.1 cm³/mol. The van der Waals surface area contributed by atoms with Crippen LogP contribution in [-0.2, 0) is 4.74 Å². The molecule has 0 saturated carbocycles. The van der Waals surface area contributed by atoms with E-state index in [0.717, 1.165) is 0 Å². The largest absolute Gasteiger partial charge is 0.394 e. The topological polar surface area (TPSA) is 119 Å². The first-order valence-corrected chi connectivity index (χ1v) is 7.35. The molecule has 1 saturated heterocycles. The summed E-state index contributed by atoms with van der Waals surface area (Å²) in [6.07, 6.45) is 2.07. The molecule has 3 heterocycles. The number of imidazole rings is 1. The van der Waals surface area contributed by atoms with Crippen molar-refractivity contribution in [3.05, 3.63) is 6.33 Å². The van der Waals surface area contributed by atoms with E-state index >= 15 is 0 Å². The molecule has 0 amide bonds. The van der Waals surface area contributed by atoms with Gasteiger partial charge in [-0.3, -0.25) is 4.57 Å². The highest BCUT2D eigenvalue weighted by Crippen LogP contribution is 2.32. The number of thioether (sulfide) groups is 1. The highest BCUT2D eigenvalue weighted by atomic mass is 32.2. The van der Waals surface area contributed by atoms with E-state index in [1.165, 1.54) is 11.8 Å². The van der Waals surface area contributed by atoms with Crippen LogP contribution in [0.4, 0.5) is 5.95 Å². The molecule has 8 nitrogen and oxygen atoms in total. The van der Waals surface area contributed by atoms with E-state index in [1.54, 1.807) is 10.9 Å². The first-order chi connectivity index (χ1) is 9.63. The highest BCUT2D eigenvalue weighted by molar-refractivity contribution is 7.98. The normalized spacial score (nSPS) is 26.4. The van der Waals surface area contributed by atoms with Crippen LogP contribution in [0.5, 0.6) is 0 Å². The molecule has 108 valence electrons. The van der Waals surface area contributed by atoms with Crippen molar-refractivity contribution in [3.63, 3.8) is 0 Å². The van der Waals surface area contributed by atoms with Gasteiger partial charge in [-0.25, -0.2) is 9.97 Å². The second-order valence-electron chi connectivity index (χ2n) is 4.55. The minimum atomic E-state index is -0.724. The molecule has 1 aliphatic rings. The molecular weight excluding hydrogens is 282 g/mol. The lowest BCUT2D eigenvalue weighted by Gasteiger charge is -2.16. The van der Waals surface area contributed by atoms with Gasteiger partial charge in [0.25, 0.3) is 0 Å². The van der Waals surface area contributed by atoms with Gasteiger partial charge in [0.15, 0.2) is 11.9 Å². The molecule has 0 spiro atoms. The number of aliphatic hydroxyl groups is 2. The van der Waals surface area contributed by atoms with E-state index < -0.39 is 12.3 Å². The van der Waals surface area contributed by atoms with Gasteiger partial charge in [0.2, 0.25) is 5.95 Å². The molecule has 0 unspecified atom stereocenters. The Hall–Kier alpha value is -1.42. The van der Waals surface area contributed by atoms with Crippen LogP contribution in [0.3, 0.4) is 0 Å². The van der Waals surface area contributed by atoms with Gasteiger partial charge in [0, 0.05) is 6.42 Å². The van der Waals surface area contributed by atoms with Crippen molar-refractivity contribution in [3.8, 4) is 0 Å². The zero-order valence-corrected chi connectivity index (χ0v) is 11.6. The predicted octanol–water partition coefficient (Wildman–Crippen LogP) is -0.229. The van der Waals surface area contributed by atoms with Gasteiger partial charge in [-0.1, -0.05) is 0 Å². The Morgan fingerprint density at radius 1 is 1.55 bits per heavy atom. The van der Waals surface area contributed by atoms with Crippen molar-refractivity contribution in [1.82, 2.24) is 19.5 Å². The van der Waals surface area contributed by atoms with Crippen LogP contribution in [0.2, 0.25) is 0 Å². The quantitative estimate of drug-likeness (QED) is 0.525. The number of nitrogen functional groups attached to an aromatic ring is 1. The van der Waals surface area contributed by atoms with Crippen LogP contribution < -0.4 is 5.73 Å². The maximum Gasteiger partial charge on any atom is 0.223 e. The van der Waals surface area contributed by atoms with Gasteiger partial charge in [-0.15, -0.1) is 11.8 Å². The molecular formula is C11H15N5O3S. The number of aliphatic hydroxyl groups excluding tert-OH is 2. The fourth-order valence-corrected chi connectivity index (χ4v) is 2.86. The lowest BCUT2D eigenvalue weighted by molar-refractivity contribution is -0.0486. The number of aromatic nitrogens is 4. The summed E-state index contributed by atoms with van der Waals surface area (Å²) in [5, 5.41) is 19.9. The summed E-state index contributed by atoms with van der Waals surface area (Å²) in [7, 11) is 0. The van der Waals surface area contributed by atoms with Crippen molar-refractivity contribution in [1.29, 1.82) is 0 Å². The molecule has 1 fully saturated rings. The van der Waals surface area contributed by atoms with Crippen molar-refractivity contribution in [2.45, 2.75) is 29.9 Å². The van der Waals surface area contributed by atoms with Crippen LogP contribution in [0.25, 0.3) is 11.2 Å². The van der Waals surface area contributed by atoms with E-state index in [9.17, 15) is 5.11 Å². The molecule has 4 N–H and O–H groups in total. The number of ether oxygens (including phenoxy) is 1. The molecule has 0 aliphatic carbocycles. The summed E-state index contributed by atoms with van der Waals surface area (Å²) in [6, 6.07) is 0. The van der Waals surface area contributed by atoms with Crippen LogP contribution in [-0.4, -0.2) is 54.8 Å². The summed E-state index contributed by atoms with van der Waals surface area (Å²) in [5.74, 6) is 0.148. The first kappa shape index (κ1) is 13.6. The van der Waals surface area contributed by atoms with E-state index in [-0.39, 0.29) is 18.7 Å². The van der Waals surface area contributed by atoms with Gasteiger partial charge in [-0.2, -0.15) is 4.98 Å². The first-order valence-electron chi connectivity index (χ1n) is 6.12. The molecule has 0 aromatic carbocycles. The van der Waals surface area contributed by atoms with Crippen LogP contribution in [0.15, 0.2) is 11.4 Å². The molecule has 3 rings (SSSR count). The Bertz CT molecular complexity index is 634. The Balaban J connectivity index is 2.07. The maximum atomic E-state index is 10.1. The fourth-order valence-electron chi connectivity index (χ4n) is 2.33. The average Bonchev–Trinajstić information content (AvgIpc) is 3.00. The third-order valence-electron chi connectivity index (χ3n) is 3.24. The van der Waals surface area contributed by atoms with Gasteiger partial charge < -0.3 is 20.7 Å². The number of hydrogen-bond donors (Lipinski definition) is 3. The monoisotopic (exact) mass is 297 g/mol. The molecule has 3 atom stereocenters. The number of nitrogens with zero attached hydrogens (tertiary/aromatic N) is 4. The standard InChI is InChI=1S/C11H15N5O3S/c1-20-9-7-8(14-11(12)15-9)16(4-13-7)10-6(18)2-5(3-17)19-10/h4-6,10,17-18H,2-3H2,1H3,(H2,12,14,15)/t5-,6+,10+/m1/s1. The Labute approximate surface area is 119 Å². The average molecular weight is 297 g/mol. The van der Waals surface area contributed by atoms with Gasteiger partial charge in [0.05, 0.1) is 19.0 Å². The minimum absolute atomic E-state index is 0.132. The zero-order chi connectivity index (χ0) is 14.3. The summed E-state index contributed by atoms with van der Waals surface area (Å²) in [5.41, 5.74) is 6.83. The smallest absolute Gasteiger partial charge is 0.223 e. The molecule has 20 heavy (non-hydrogen) atoms. The number of hydrogen-bond acceptors (Lipinski definition) is 8. The van der Waals surface area contributed by atoms with Crippen molar-refractivity contribution in [2.75, 3.05) is 18.6 Å². The minimum Gasteiger partial charge on any atom is -0.394 e. The van der Waals surface area contributed by atoms with Gasteiger partial charge in [0.1, 0.15) is 16.6 Å². The SMILES string of the molecule is CSc1nc(N)nc2c1ncn2[C@H]1O[C@@H](CO)C[C@@H]1O. The molecule has 1 aliphatic heterocycles. The van der Waals surface area contributed by atoms with Crippen molar-refractivity contribution in [2.24, 2.45) is 0 Å². The van der Waals surface area contributed by atoms with Gasteiger partial charge in [-0.05, 0) is 6.26 Å². The van der Waals surface area contributed by atoms with Crippen LogP contribution >= 0.6 is 11.8 Å². The molecule has 0 bridgehead atoms. The lowest BCUT2D eigenvalue weighted by Crippen LogP contribution is -2.19. The molecule has 2 aromatic rings. The lowest BCUT2D eigenvalue weighted by atomic mass is 10.2. The summed E-state index contributed by atoms with van der Waals surface area (Å²) >= 11 is 1.42. The zero-order valence-electron chi connectivity index (χ0n) is 10.8. The maximum absolute atomic E-state index is 10.1. The molecule has 9 heteroatoms. The second-order valence-corrected chi connectivity index (χ2v) is 5.34. The fraction of sp³-hybridized carbons (Fsp3) is 0.545. The third kappa shape index (κ3) is 2.12. The van der Waals surface area contributed by atoms with E-state index in [0.29, 0.717) is 22.6 Å². The number of nitrogens with two attached hydrogens (primary N) is 1. The Morgan fingerprint density at radius 3 is 3.00 bits per heavy atom. The van der Waals surface area contributed by atoms with Crippen LogP contribution in [0, 0.1) is 0 Å². The summed E-state index contributed by atoms with van der Waals surface area (Å²) < 4.78 is 7.24. The third-order valence-corrected chi connectivity index (χ3v) is 3.91. The van der Waals surface area contributed by atoms with E-state index in [1.807, 2.05) is 6.26 Å². The van der Waals surface area contributed by atoms with Crippen molar-refractivity contribution < 1.29 is 14.9 Å². The number of anilines is 1. The second kappa shape index (κ2) is 5.17.